The normalized spacial score (nSPS) is 26.3. The number of aromatic amines is 1. The van der Waals surface area contributed by atoms with Crippen molar-refractivity contribution < 1.29 is 14.3 Å². The quantitative estimate of drug-likeness (QED) is 0.820. The molecule has 8 heteroatoms. The summed E-state index contributed by atoms with van der Waals surface area (Å²) in [6.45, 7) is 4.08. The number of morpholine rings is 1. The van der Waals surface area contributed by atoms with E-state index in [9.17, 15) is 14.4 Å². The molecule has 3 fully saturated rings. The van der Waals surface area contributed by atoms with Crippen LogP contribution in [-0.2, 0) is 9.53 Å². The van der Waals surface area contributed by atoms with E-state index in [-0.39, 0.29) is 29.0 Å². The zero-order valence-corrected chi connectivity index (χ0v) is 14.3. The summed E-state index contributed by atoms with van der Waals surface area (Å²) in [5, 5.41) is 0. The van der Waals surface area contributed by atoms with E-state index in [0.717, 1.165) is 12.8 Å². The van der Waals surface area contributed by atoms with E-state index in [1.54, 1.807) is 16.7 Å². The second-order valence-corrected chi connectivity index (χ2v) is 7.24. The predicted octanol–water partition coefficient (Wildman–Crippen LogP) is 0.111. The number of nitrogens with one attached hydrogen (secondary N) is 1. The van der Waals surface area contributed by atoms with E-state index >= 15 is 0 Å². The molecule has 1 atom stereocenters. The lowest BCUT2D eigenvalue weighted by atomic mass is 10.0. The van der Waals surface area contributed by atoms with Gasteiger partial charge in [0.05, 0.1) is 19.7 Å². The van der Waals surface area contributed by atoms with Crippen LogP contribution in [-0.4, -0.2) is 70.0 Å². The Labute approximate surface area is 145 Å². The number of likely N-dealkylation sites (tertiary alicyclic amines) is 1. The maximum atomic E-state index is 12.8. The molecule has 25 heavy (non-hydrogen) atoms. The smallest absolute Gasteiger partial charge is 0.272 e. The van der Waals surface area contributed by atoms with Gasteiger partial charge in [0.25, 0.3) is 11.5 Å². The molecule has 2 amide bonds. The van der Waals surface area contributed by atoms with Crippen LogP contribution in [0.2, 0.25) is 0 Å². The van der Waals surface area contributed by atoms with Gasteiger partial charge in [0.15, 0.2) is 0 Å². The Morgan fingerprint density at radius 2 is 2.04 bits per heavy atom. The second kappa shape index (κ2) is 5.94. The minimum absolute atomic E-state index is 0.0257. The summed E-state index contributed by atoms with van der Waals surface area (Å²) in [6, 6.07) is 1.27. The summed E-state index contributed by atoms with van der Waals surface area (Å²) in [4.78, 5) is 46.9. The molecular formula is C17H22N4O4. The molecule has 1 aliphatic carbocycles. The van der Waals surface area contributed by atoms with Crippen LogP contribution >= 0.6 is 0 Å². The second-order valence-electron chi connectivity index (χ2n) is 7.24. The van der Waals surface area contributed by atoms with Gasteiger partial charge in [-0.3, -0.25) is 14.4 Å². The maximum absolute atomic E-state index is 12.8. The molecule has 3 heterocycles. The standard InChI is InChI=1S/C17H22N4O4/c1-11(22)20-6-7-25-17(9-20)4-5-21(10-17)16(24)13-8-14(23)19-15(18-13)12-2-3-12/h8,12H,2-7,9-10H2,1H3,(H,18,19,23). The third-order valence-electron chi connectivity index (χ3n) is 5.24. The molecule has 1 aromatic rings. The molecule has 0 radical (unpaired) electrons. The molecule has 2 aliphatic heterocycles. The molecular weight excluding hydrogens is 324 g/mol. The van der Waals surface area contributed by atoms with Crippen molar-refractivity contribution >= 4 is 11.8 Å². The van der Waals surface area contributed by atoms with Gasteiger partial charge in [-0.25, -0.2) is 4.98 Å². The fourth-order valence-corrected chi connectivity index (χ4v) is 3.68. The van der Waals surface area contributed by atoms with E-state index in [1.807, 2.05) is 0 Å². The highest BCUT2D eigenvalue weighted by Gasteiger charge is 2.45. The van der Waals surface area contributed by atoms with Gasteiger partial charge in [0.1, 0.15) is 17.1 Å². The number of amides is 2. The van der Waals surface area contributed by atoms with Crippen molar-refractivity contribution in [1.29, 1.82) is 0 Å². The SMILES string of the molecule is CC(=O)N1CCOC2(CCN(C(=O)c3cc(=O)[nH]c(C4CC4)n3)C2)C1. The molecule has 2 saturated heterocycles. The first-order valence-corrected chi connectivity index (χ1v) is 8.76. The van der Waals surface area contributed by atoms with E-state index in [4.69, 9.17) is 4.74 Å². The topological polar surface area (TPSA) is 95.6 Å². The minimum atomic E-state index is -0.500. The van der Waals surface area contributed by atoms with Gasteiger partial charge in [0.2, 0.25) is 5.91 Å². The maximum Gasteiger partial charge on any atom is 0.272 e. The van der Waals surface area contributed by atoms with Crippen LogP contribution in [0.3, 0.4) is 0 Å². The van der Waals surface area contributed by atoms with Crippen molar-refractivity contribution in [3.63, 3.8) is 0 Å². The molecule has 0 bridgehead atoms. The number of nitrogens with zero attached hydrogens (tertiary/aromatic N) is 3. The van der Waals surface area contributed by atoms with Gasteiger partial charge in [-0.2, -0.15) is 0 Å². The molecule has 1 spiro atoms. The Morgan fingerprint density at radius 1 is 1.28 bits per heavy atom. The predicted molar refractivity (Wildman–Crippen MR) is 88.3 cm³/mol. The van der Waals surface area contributed by atoms with Gasteiger partial charge in [-0.15, -0.1) is 0 Å². The van der Waals surface area contributed by atoms with Gasteiger partial charge >= 0.3 is 0 Å². The van der Waals surface area contributed by atoms with Crippen LogP contribution < -0.4 is 5.56 Å². The lowest BCUT2D eigenvalue weighted by molar-refractivity contribution is -0.146. The zero-order chi connectivity index (χ0) is 17.6. The number of rotatable bonds is 2. The first-order chi connectivity index (χ1) is 12.0. The highest BCUT2D eigenvalue weighted by atomic mass is 16.5. The van der Waals surface area contributed by atoms with Crippen LogP contribution in [0, 0.1) is 0 Å². The van der Waals surface area contributed by atoms with Crippen molar-refractivity contribution in [2.75, 3.05) is 32.8 Å². The van der Waals surface area contributed by atoms with Crippen LogP contribution in [0.1, 0.15) is 48.4 Å². The van der Waals surface area contributed by atoms with Crippen LogP contribution in [0.15, 0.2) is 10.9 Å². The molecule has 4 rings (SSSR count). The fourth-order valence-electron chi connectivity index (χ4n) is 3.68. The fraction of sp³-hybridized carbons (Fsp3) is 0.647. The van der Waals surface area contributed by atoms with Crippen molar-refractivity contribution in [3.05, 3.63) is 27.9 Å². The Bertz CT molecular complexity index is 772. The lowest BCUT2D eigenvalue weighted by Gasteiger charge is -2.39. The number of aromatic nitrogens is 2. The molecule has 0 aromatic carbocycles. The Morgan fingerprint density at radius 3 is 2.76 bits per heavy atom. The largest absolute Gasteiger partial charge is 0.369 e. The third-order valence-corrected chi connectivity index (χ3v) is 5.24. The van der Waals surface area contributed by atoms with Gasteiger partial charge in [0, 0.05) is 32.0 Å². The Hall–Kier alpha value is -2.22. The summed E-state index contributed by atoms with van der Waals surface area (Å²) in [7, 11) is 0. The molecule has 1 aromatic heterocycles. The van der Waals surface area contributed by atoms with Gasteiger partial charge in [-0.05, 0) is 19.3 Å². The number of ether oxygens (including phenoxy) is 1. The number of hydrogen-bond donors (Lipinski definition) is 1. The molecule has 134 valence electrons. The summed E-state index contributed by atoms with van der Waals surface area (Å²) in [5.41, 5.74) is -0.590. The lowest BCUT2D eigenvalue weighted by Crippen LogP contribution is -2.54. The number of hydrogen-bond acceptors (Lipinski definition) is 5. The summed E-state index contributed by atoms with van der Waals surface area (Å²) < 4.78 is 5.94. The molecule has 1 N–H and O–H groups in total. The van der Waals surface area contributed by atoms with Crippen molar-refractivity contribution in [2.24, 2.45) is 0 Å². The molecule has 8 nitrogen and oxygen atoms in total. The van der Waals surface area contributed by atoms with E-state index in [0.29, 0.717) is 45.0 Å². The van der Waals surface area contributed by atoms with Crippen LogP contribution in [0.25, 0.3) is 0 Å². The third kappa shape index (κ3) is 3.18. The van der Waals surface area contributed by atoms with Crippen LogP contribution in [0.4, 0.5) is 0 Å². The highest BCUT2D eigenvalue weighted by molar-refractivity contribution is 5.92. The van der Waals surface area contributed by atoms with Crippen molar-refractivity contribution in [2.45, 2.75) is 37.7 Å². The zero-order valence-electron chi connectivity index (χ0n) is 14.3. The first kappa shape index (κ1) is 16.3. The van der Waals surface area contributed by atoms with Crippen molar-refractivity contribution in [3.8, 4) is 0 Å². The summed E-state index contributed by atoms with van der Waals surface area (Å²) in [5.74, 6) is 0.670. The highest BCUT2D eigenvalue weighted by Crippen LogP contribution is 2.37. The average molecular weight is 346 g/mol. The van der Waals surface area contributed by atoms with Crippen LogP contribution in [0.5, 0.6) is 0 Å². The Balaban J connectivity index is 1.51. The summed E-state index contributed by atoms with van der Waals surface area (Å²) >= 11 is 0. The van der Waals surface area contributed by atoms with Gasteiger partial charge in [-0.1, -0.05) is 0 Å². The van der Waals surface area contributed by atoms with Crippen molar-refractivity contribution in [1.82, 2.24) is 19.8 Å². The first-order valence-electron chi connectivity index (χ1n) is 8.76. The molecule has 3 aliphatic rings. The van der Waals surface area contributed by atoms with E-state index in [2.05, 4.69) is 9.97 Å². The van der Waals surface area contributed by atoms with E-state index < -0.39 is 5.60 Å². The summed E-state index contributed by atoms with van der Waals surface area (Å²) in [6.07, 6.45) is 2.69. The Kier molecular flexibility index (Phi) is 3.87. The number of carbonyl (C=O) groups is 2. The van der Waals surface area contributed by atoms with Gasteiger partial charge < -0.3 is 19.5 Å². The monoisotopic (exact) mass is 346 g/mol. The molecule has 1 unspecified atom stereocenters. The van der Waals surface area contributed by atoms with E-state index in [1.165, 1.54) is 6.07 Å². The minimum Gasteiger partial charge on any atom is -0.369 e. The number of carbonyl (C=O) groups excluding carboxylic acids is 2. The number of H-pyrrole nitrogens is 1. The molecule has 1 saturated carbocycles. The average Bonchev–Trinajstić information content (AvgIpc) is 3.37.